The Morgan fingerprint density at radius 1 is 1.50 bits per heavy atom. The second kappa shape index (κ2) is 2.41. The van der Waals surface area contributed by atoms with Crippen molar-refractivity contribution in [1.29, 1.82) is 0 Å². The Labute approximate surface area is 71.8 Å². The Balaban J connectivity index is 2.56. The van der Waals surface area contributed by atoms with E-state index in [0.717, 1.165) is 23.5 Å². The Kier molecular flexibility index (Phi) is 1.50. The number of phenolic OH excluding ortho intramolecular Hbond substituents is 1. The Morgan fingerprint density at radius 3 is 3.00 bits per heavy atom. The molecule has 2 nitrogen and oxygen atoms in total. The van der Waals surface area contributed by atoms with E-state index >= 15 is 0 Å². The quantitative estimate of drug-likeness (QED) is 0.637. The van der Waals surface area contributed by atoms with Crippen molar-refractivity contribution in [1.82, 2.24) is 0 Å². The fraction of sp³-hybridized carbons (Fsp3) is 0.400. The molecule has 1 heterocycles. The predicted octanol–water partition coefficient (Wildman–Crippen LogP) is 2.20. The maximum atomic E-state index is 9.45. The van der Waals surface area contributed by atoms with Gasteiger partial charge in [0.1, 0.15) is 11.5 Å². The average molecular weight is 164 g/mol. The number of fused-ring (bicyclic) bond motifs is 1. The molecule has 1 N–H and O–H groups in total. The number of benzene rings is 1. The molecule has 2 heteroatoms. The summed E-state index contributed by atoms with van der Waals surface area (Å²) in [4.78, 5) is 0. The number of aromatic hydroxyl groups is 1. The van der Waals surface area contributed by atoms with Gasteiger partial charge in [0.05, 0.1) is 6.61 Å². The lowest BCUT2D eigenvalue weighted by Gasteiger charge is -2.03. The van der Waals surface area contributed by atoms with Crippen molar-refractivity contribution in [3.8, 4) is 11.5 Å². The summed E-state index contributed by atoms with van der Waals surface area (Å²) < 4.78 is 5.44. The molecule has 1 aromatic rings. The highest BCUT2D eigenvalue weighted by atomic mass is 16.5. The zero-order chi connectivity index (χ0) is 8.72. The summed E-state index contributed by atoms with van der Waals surface area (Å²) in [5.74, 6) is 1.70. The Morgan fingerprint density at radius 2 is 2.25 bits per heavy atom. The summed E-state index contributed by atoms with van der Waals surface area (Å²) in [6.07, 6.45) is 0. The minimum absolute atomic E-state index is 0.367. The minimum Gasteiger partial charge on any atom is -0.508 e. The van der Waals surface area contributed by atoms with Crippen LogP contribution in [0.5, 0.6) is 11.5 Å². The summed E-state index contributed by atoms with van der Waals surface area (Å²) in [6, 6.07) is 3.70. The van der Waals surface area contributed by atoms with Crippen LogP contribution in [0.3, 0.4) is 0 Å². The largest absolute Gasteiger partial charge is 0.508 e. The third-order valence-electron chi connectivity index (χ3n) is 2.35. The summed E-state index contributed by atoms with van der Waals surface area (Å²) in [5, 5.41) is 9.45. The lowest BCUT2D eigenvalue weighted by Crippen LogP contribution is -1.93. The van der Waals surface area contributed by atoms with Crippen LogP contribution >= 0.6 is 0 Å². The molecule has 0 fully saturated rings. The molecular weight excluding hydrogens is 152 g/mol. The number of phenols is 1. The van der Waals surface area contributed by atoms with E-state index in [1.807, 2.05) is 19.1 Å². The highest BCUT2D eigenvalue weighted by molar-refractivity contribution is 5.48. The van der Waals surface area contributed by atoms with Gasteiger partial charge in [0.15, 0.2) is 0 Å². The first-order valence-corrected chi connectivity index (χ1v) is 4.15. The van der Waals surface area contributed by atoms with E-state index < -0.39 is 0 Å². The standard InChI is InChI=1S/C10H12O2/c1-6-3-10-8(4-9(6)11)7(2)5-12-10/h3-4,7,11H,5H2,1-2H3. The van der Waals surface area contributed by atoms with Crippen molar-refractivity contribution in [3.63, 3.8) is 0 Å². The average Bonchev–Trinajstić information content (AvgIpc) is 2.35. The molecule has 0 bridgehead atoms. The summed E-state index contributed by atoms with van der Waals surface area (Å²) in [5.41, 5.74) is 2.00. The van der Waals surface area contributed by atoms with E-state index in [1.54, 1.807) is 0 Å². The van der Waals surface area contributed by atoms with Crippen LogP contribution < -0.4 is 4.74 Å². The van der Waals surface area contributed by atoms with Gasteiger partial charge in [-0.25, -0.2) is 0 Å². The third kappa shape index (κ3) is 0.951. The molecule has 1 aliphatic rings. The number of hydrogen-bond donors (Lipinski definition) is 1. The topological polar surface area (TPSA) is 29.5 Å². The number of hydrogen-bond acceptors (Lipinski definition) is 2. The molecule has 1 aromatic carbocycles. The molecule has 0 saturated heterocycles. The molecule has 0 radical (unpaired) electrons. The number of aryl methyl sites for hydroxylation is 1. The van der Waals surface area contributed by atoms with E-state index in [2.05, 4.69) is 6.92 Å². The smallest absolute Gasteiger partial charge is 0.123 e. The van der Waals surface area contributed by atoms with Gasteiger partial charge in [-0.1, -0.05) is 6.92 Å². The molecule has 0 spiro atoms. The fourth-order valence-electron chi connectivity index (χ4n) is 1.50. The lowest BCUT2D eigenvalue weighted by molar-refractivity contribution is 0.337. The third-order valence-corrected chi connectivity index (χ3v) is 2.35. The highest BCUT2D eigenvalue weighted by Gasteiger charge is 2.21. The minimum atomic E-state index is 0.367. The molecule has 2 rings (SSSR count). The van der Waals surface area contributed by atoms with Gasteiger partial charge in [-0.2, -0.15) is 0 Å². The van der Waals surface area contributed by atoms with Gasteiger partial charge in [0.25, 0.3) is 0 Å². The van der Waals surface area contributed by atoms with E-state index in [-0.39, 0.29) is 0 Å². The van der Waals surface area contributed by atoms with Gasteiger partial charge in [-0.05, 0) is 24.6 Å². The summed E-state index contributed by atoms with van der Waals surface area (Å²) in [7, 11) is 0. The van der Waals surface area contributed by atoms with Crippen LogP contribution in [-0.4, -0.2) is 11.7 Å². The van der Waals surface area contributed by atoms with Gasteiger partial charge >= 0.3 is 0 Å². The summed E-state index contributed by atoms with van der Waals surface area (Å²) in [6.45, 7) is 4.71. The second-order valence-electron chi connectivity index (χ2n) is 3.39. The zero-order valence-corrected chi connectivity index (χ0v) is 7.29. The first-order chi connectivity index (χ1) is 5.68. The predicted molar refractivity (Wildman–Crippen MR) is 46.8 cm³/mol. The molecule has 0 aliphatic carbocycles. The first-order valence-electron chi connectivity index (χ1n) is 4.15. The lowest BCUT2D eigenvalue weighted by atomic mass is 10.0. The molecule has 12 heavy (non-hydrogen) atoms. The van der Waals surface area contributed by atoms with Crippen LogP contribution in [0.25, 0.3) is 0 Å². The Bertz CT molecular complexity index is 318. The van der Waals surface area contributed by atoms with Gasteiger partial charge < -0.3 is 9.84 Å². The van der Waals surface area contributed by atoms with Crippen molar-refractivity contribution in [2.24, 2.45) is 0 Å². The molecule has 1 atom stereocenters. The molecular formula is C10H12O2. The zero-order valence-electron chi connectivity index (χ0n) is 7.29. The SMILES string of the molecule is Cc1cc2c(cc1O)C(C)CO2. The van der Waals surface area contributed by atoms with Crippen molar-refractivity contribution in [2.45, 2.75) is 19.8 Å². The van der Waals surface area contributed by atoms with Crippen molar-refractivity contribution in [2.75, 3.05) is 6.61 Å². The fourth-order valence-corrected chi connectivity index (χ4v) is 1.50. The van der Waals surface area contributed by atoms with Crippen molar-refractivity contribution >= 4 is 0 Å². The molecule has 0 aromatic heterocycles. The Hall–Kier alpha value is -1.18. The van der Waals surface area contributed by atoms with E-state index in [9.17, 15) is 5.11 Å². The maximum Gasteiger partial charge on any atom is 0.123 e. The van der Waals surface area contributed by atoms with Gasteiger partial charge in [-0.3, -0.25) is 0 Å². The van der Waals surface area contributed by atoms with Crippen LogP contribution in [-0.2, 0) is 0 Å². The number of rotatable bonds is 0. The summed E-state index contributed by atoms with van der Waals surface area (Å²) >= 11 is 0. The molecule has 0 amide bonds. The highest BCUT2D eigenvalue weighted by Crippen LogP contribution is 2.37. The van der Waals surface area contributed by atoms with Crippen LogP contribution in [0.2, 0.25) is 0 Å². The molecule has 1 unspecified atom stereocenters. The molecule has 1 aliphatic heterocycles. The van der Waals surface area contributed by atoms with Gasteiger partial charge in [-0.15, -0.1) is 0 Å². The maximum absolute atomic E-state index is 9.45. The monoisotopic (exact) mass is 164 g/mol. The van der Waals surface area contributed by atoms with Gasteiger partial charge in [0, 0.05) is 11.5 Å². The van der Waals surface area contributed by atoms with Crippen LogP contribution in [0, 0.1) is 6.92 Å². The van der Waals surface area contributed by atoms with E-state index in [1.165, 1.54) is 0 Å². The van der Waals surface area contributed by atoms with Crippen molar-refractivity contribution < 1.29 is 9.84 Å². The van der Waals surface area contributed by atoms with Gasteiger partial charge in [0.2, 0.25) is 0 Å². The van der Waals surface area contributed by atoms with E-state index in [4.69, 9.17) is 4.74 Å². The second-order valence-corrected chi connectivity index (χ2v) is 3.39. The first kappa shape index (κ1) is 7.47. The number of ether oxygens (including phenoxy) is 1. The van der Waals surface area contributed by atoms with Crippen LogP contribution in [0.15, 0.2) is 12.1 Å². The van der Waals surface area contributed by atoms with Crippen LogP contribution in [0.4, 0.5) is 0 Å². The van der Waals surface area contributed by atoms with E-state index in [0.29, 0.717) is 11.7 Å². The molecule has 64 valence electrons. The van der Waals surface area contributed by atoms with Crippen LogP contribution in [0.1, 0.15) is 24.0 Å². The van der Waals surface area contributed by atoms with Crippen molar-refractivity contribution in [3.05, 3.63) is 23.3 Å². The normalized spacial score (nSPS) is 20.3. The molecule has 0 saturated carbocycles.